The van der Waals surface area contributed by atoms with Gasteiger partial charge in [0.05, 0.1) is 0 Å². The second-order valence-corrected chi connectivity index (χ2v) is 4.98. The molecule has 100 valence electrons. The fraction of sp³-hybridized carbons (Fsp3) is 0.857. The summed E-state index contributed by atoms with van der Waals surface area (Å²) in [4.78, 5) is 10.8. The number of alkyl halides is 3. The van der Waals surface area contributed by atoms with Gasteiger partial charge in [-0.1, -0.05) is 0 Å². The lowest BCUT2D eigenvalue weighted by molar-refractivity contribution is -0.167. The smallest absolute Gasteiger partial charge is 0.427 e. The molecule has 0 aromatic carbocycles. The monoisotopic (exact) mass is 278 g/mol. The van der Waals surface area contributed by atoms with E-state index in [4.69, 9.17) is 0 Å². The van der Waals surface area contributed by atoms with Crippen molar-refractivity contribution in [3.63, 3.8) is 0 Å². The van der Waals surface area contributed by atoms with Crippen molar-refractivity contribution in [3.05, 3.63) is 0 Å². The van der Waals surface area contributed by atoms with E-state index in [0.29, 0.717) is 0 Å². The van der Waals surface area contributed by atoms with Gasteiger partial charge in [-0.25, -0.2) is 4.79 Å². The van der Waals surface area contributed by atoms with Crippen LogP contribution in [-0.2, 0) is 23.8 Å². The van der Waals surface area contributed by atoms with Crippen molar-refractivity contribution in [2.24, 2.45) is 0 Å². The number of halogens is 3. The summed E-state index contributed by atoms with van der Waals surface area (Å²) in [5.74, 6) is -0.602. The Morgan fingerprint density at radius 2 is 2.06 bits per heavy atom. The van der Waals surface area contributed by atoms with E-state index in [9.17, 15) is 26.4 Å². The lowest BCUT2D eigenvalue weighted by atomic mass is 10.3. The highest BCUT2D eigenvalue weighted by molar-refractivity contribution is 7.87. The summed E-state index contributed by atoms with van der Waals surface area (Å²) >= 11 is 0. The first-order valence-electron chi connectivity index (χ1n) is 4.40. The number of hydrogen-bond acceptors (Lipinski definition) is 6. The van der Waals surface area contributed by atoms with Gasteiger partial charge >= 0.3 is 12.3 Å². The van der Waals surface area contributed by atoms with Crippen LogP contribution in [0.25, 0.3) is 0 Å². The molecule has 10 heteroatoms. The molecule has 0 aliphatic carbocycles. The van der Waals surface area contributed by atoms with Crippen LogP contribution >= 0.6 is 0 Å². The third-order valence-corrected chi connectivity index (χ3v) is 3.13. The van der Waals surface area contributed by atoms with Crippen LogP contribution in [0.1, 0.15) is 6.92 Å². The normalized spacial score (nSPS) is 27.8. The molecule has 6 nitrogen and oxygen atoms in total. The van der Waals surface area contributed by atoms with Crippen LogP contribution in [0.2, 0.25) is 0 Å². The second-order valence-electron chi connectivity index (χ2n) is 3.34. The topological polar surface area (TPSA) is 78.9 Å². The van der Waals surface area contributed by atoms with Crippen LogP contribution in [0.5, 0.6) is 0 Å². The highest BCUT2D eigenvalue weighted by Crippen LogP contribution is 2.20. The highest BCUT2D eigenvalue weighted by atomic mass is 32.2. The van der Waals surface area contributed by atoms with Gasteiger partial charge in [-0.15, -0.1) is 0 Å². The highest BCUT2D eigenvalue weighted by Gasteiger charge is 2.39. The summed E-state index contributed by atoms with van der Waals surface area (Å²) < 4.78 is 69.4. The molecule has 0 N–H and O–H groups in total. The van der Waals surface area contributed by atoms with Gasteiger partial charge < -0.3 is 9.47 Å². The van der Waals surface area contributed by atoms with E-state index in [1.165, 1.54) is 6.92 Å². The SMILES string of the molecule is CC1OS(=O)(=O)CC1OC(=O)OCC(F)(F)F. The molecule has 2 atom stereocenters. The first-order chi connectivity index (χ1) is 7.59. The molecule has 0 spiro atoms. The summed E-state index contributed by atoms with van der Waals surface area (Å²) in [6.07, 6.45) is -8.36. The van der Waals surface area contributed by atoms with Crippen LogP contribution in [-0.4, -0.2) is 45.3 Å². The molecular formula is C7H9F3O6S. The number of hydrogen-bond donors (Lipinski definition) is 0. The molecule has 1 aliphatic heterocycles. The molecule has 0 radical (unpaired) electrons. The first kappa shape index (κ1) is 14.0. The van der Waals surface area contributed by atoms with Crippen molar-refractivity contribution in [1.29, 1.82) is 0 Å². The number of carbonyl (C=O) groups excluding carboxylic acids is 1. The Labute approximate surface area is 94.8 Å². The van der Waals surface area contributed by atoms with Gasteiger partial charge in [-0.3, -0.25) is 4.18 Å². The zero-order valence-electron chi connectivity index (χ0n) is 8.56. The Morgan fingerprint density at radius 3 is 2.47 bits per heavy atom. The number of carbonyl (C=O) groups is 1. The fourth-order valence-corrected chi connectivity index (χ4v) is 2.50. The predicted octanol–water partition coefficient (Wildman–Crippen LogP) is 0.819. The summed E-state index contributed by atoms with van der Waals surface area (Å²) in [5.41, 5.74) is 0. The number of rotatable bonds is 2. The lowest BCUT2D eigenvalue weighted by Crippen LogP contribution is -2.29. The van der Waals surface area contributed by atoms with Crippen molar-refractivity contribution in [2.75, 3.05) is 12.4 Å². The second kappa shape index (κ2) is 4.69. The molecule has 1 heterocycles. The van der Waals surface area contributed by atoms with E-state index in [1.807, 2.05) is 0 Å². The Kier molecular flexibility index (Phi) is 3.87. The lowest BCUT2D eigenvalue weighted by Gasteiger charge is -2.13. The third kappa shape index (κ3) is 4.77. The van der Waals surface area contributed by atoms with Gasteiger partial charge in [0.15, 0.2) is 6.61 Å². The van der Waals surface area contributed by atoms with Gasteiger partial charge in [-0.05, 0) is 6.92 Å². The Morgan fingerprint density at radius 1 is 1.47 bits per heavy atom. The maximum absolute atomic E-state index is 11.7. The largest absolute Gasteiger partial charge is 0.508 e. The van der Waals surface area contributed by atoms with E-state index in [-0.39, 0.29) is 0 Å². The Bertz CT molecular complexity index is 389. The Hall–Kier alpha value is -1.03. The van der Waals surface area contributed by atoms with Gasteiger partial charge in [-0.2, -0.15) is 21.6 Å². The zero-order valence-corrected chi connectivity index (χ0v) is 9.38. The molecule has 1 aliphatic rings. The third-order valence-electron chi connectivity index (χ3n) is 1.79. The van der Waals surface area contributed by atoms with E-state index in [1.54, 1.807) is 0 Å². The van der Waals surface area contributed by atoms with Crippen LogP contribution in [0.4, 0.5) is 18.0 Å². The van der Waals surface area contributed by atoms with E-state index >= 15 is 0 Å². The molecule has 0 amide bonds. The van der Waals surface area contributed by atoms with E-state index in [2.05, 4.69) is 13.7 Å². The molecule has 17 heavy (non-hydrogen) atoms. The minimum absolute atomic E-state index is 0.602. The van der Waals surface area contributed by atoms with Crippen molar-refractivity contribution in [2.45, 2.75) is 25.3 Å². The standard InChI is InChI=1S/C7H9F3O6S/c1-4-5(2-17(12,13)16-4)15-6(11)14-3-7(8,9)10/h4-5H,2-3H2,1H3. The zero-order chi connectivity index (χ0) is 13.3. The van der Waals surface area contributed by atoms with Crippen molar-refractivity contribution in [3.8, 4) is 0 Å². The summed E-state index contributed by atoms with van der Waals surface area (Å²) in [5, 5.41) is 0. The molecule has 0 saturated carbocycles. The quantitative estimate of drug-likeness (QED) is 0.549. The van der Waals surface area contributed by atoms with Crippen LogP contribution in [0.15, 0.2) is 0 Å². The predicted molar refractivity (Wildman–Crippen MR) is 46.6 cm³/mol. The molecule has 0 aromatic heterocycles. The fourth-order valence-electron chi connectivity index (χ4n) is 1.10. The van der Waals surface area contributed by atoms with Gasteiger partial charge in [0.1, 0.15) is 18.0 Å². The molecule has 0 bridgehead atoms. The molecular weight excluding hydrogens is 269 g/mol. The van der Waals surface area contributed by atoms with E-state index in [0.717, 1.165) is 0 Å². The van der Waals surface area contributed by atoms with Crippen molar-refractivity contribution >= 4 is 16.3 Å². The van der Waals surface area contributed by atoms with Gasteiger partial charge in [0, 0.05) is 0 Å². The van der Waals surface area contributed by atoms with Gasteiger partial charge in [0.25, 0.3) is 10.1 Å². The minimum atomic E-state index is -4.66. The summed E-state index contributed by atoms with van der Waals surface area (Å²) in [6, 6.07) is 0. The summed E-state index contributed by atoms with van der Waals surface area (Å²) in [7, 11) is -3.79. The van der Waals surface area contributed by atoms with Crippen molar-refractivity contribution in [1.82, 2.24) is 0 Å². The van der Waals surface area contributed by atoms with E-state index < -0.39 is 47.0 Å². The van der Waals surface area contributed by atoms with Crippen molar-refractivity contribution < 1.29 is 40.0 Å². The average molecular weight is 278 g/mol. The molecule has 1 fully saturated rings. The Balaban J connectivity index is 2.42. The minimum Gasteiger partial charge on any atom is -0.427 e. The maximum atomic E-state index is 11.7. The molecule has 0 aromatic rings. The van der Waals surface area contributed by atoms with Crippen LogP contribution in [0, 0.1) is 0 Å². The summed E-state index contributed by atoms with van der Waals surface area (Å²) in [6.45, 7) is -0.479. The molecule has 2 unspecified atom stereocenters. The van der Waals surface area contributed by atoms with Crippen LogP contribution in [0.3, 0.4) is 0 Å². The number of ether oxygens (including phenoxy) is 2. The van der Waals surface area contributed by atoms with Crippen LogP contribution < -0.4 is 0 Å². The molecule has 1 saturated heterocycles. The maximum Gasteiger partial charge on any atom is 0.508 e. The molecule has 1 rings (SSSR count). The first-order valence-corrected chi connectivity index (χ1v) is 5.98. The average Bonchev–Trinajstić information content (AvgIpc) is 2.35. The van der Waals surface area contributed by atoms with Gasteiger partial charge in [0.2, 0.25) is 0 Å².